The molecule has 0 saturated carbocycles. The van der Waals surface area contributed by atoms with Gasteiger partial charge in [0.2, 0.25) is 5.91 Å². The number of hydrogen-bond acceptors (Lipinski definition) is 4. The van der Waals surface area contributed by atoms with Crippen LogP contribution < -0.4 is 10.2 Å². The average molecular weight is 406 g/mol. The highest BCUT2D eigenvalue weighted by molar-refractivity contribution is 6.09. The third-order valence-electron chi connectivity index (χ3n) is 4.76. The molecule has 1 atom stereocenters. The standard InChI is InChI=1S/C23H27N5O2/c1-4-5-14-25-22(29)20(19-13-9-10-15-24-19)28(21-17(2)16-27(3)26-21)23(30)18-11-7-6-8-12-18/h6-13,15-16,20H,4-5,14H2,1-3H3,(H,25,29). The first kappa shape index (κ1) is 21.2. The maximum atomic E-state index is 13.6. The summed E-state index contributed by atoms with van der Waals surface area (Å²) in [7, 11) is 1.79. The second kappa shape index (κ2) is 9.82. The molecule has 1 unspecified atom stereocenters. The van der Waals surface area contributed by atoms with Gasteiger partial charge in [0.25, 0.3) is 5.91 Å². The largest absolute Gasteiger partial charge is 0.354 e. The lowest BCUT2D eigenvalue weighted by molar-refractivity contribution is -0.122. The minimum Gasteiger partial charge on any atom is -0.354 e. The van der Waals surface area contributed by atoms with Crippen LogP contribution in [0.15, 0.2) is 60.9 Å². The minimum atomic E-state index is -0.940. The van der Waals surface area contributed by atoms with Crippen molar-refractivity contribution in [2.24, 2.45) is 7.05 Å². The van der Waals surface area contributed by atoms with Crippen molar-refractivity contribution in [1.82, 2.24) is 20.1 Å². The zero-order valence-corrected chi connectivity index (χ0v) is 17.6. The van der Waals surface area contributed by atoms with E-state index >= 15 is 0 Å². The van der Waals surface area contributed by atoms with E-state index in [2.05, 4.69) is 22.3 Å². The Kier molecular flexibility index (Phi) is 6.95. The van der Waals surface area contributed by atoms with Crippen molar-refractivity contribution in [3.05, 3.63) is 77.7 Å². The molecule has 1 aromatic carbocycles. The van der Waals surface area contributed by atoms with E-state index in [0.29, 0.717) is 23.6 Å². The van der Waals surface area contributed by atoms with Gasteiger partial charge in [0, 0.05) is 37.1 Å². The number of amides is 2. The number of anilines is 1. The Hall–Kier alpha value is -3.48. The van der Waals surface area contributed by atoms with E-state index in [0.717, 1.165) is 18.4 Å². The van der Waals surface area contributed by atoms with Gasteiger partial charge in [0.15, 0.2) is 11.9 Å². The second-order valence-electron chi connectivity index (χ2n) is 7.15. The van der Waals surface area contributed by atoms with Crippen molar-refractivity contribution in [2.45, 2.75) is 32.7 Å². The highest BCUT2D eigenvalue weighted by Gasteiger charge is 2.36. The van der Waals surface area contributed by atoms with Gasteiger partial charge in [-0.05, 0) is 37.6 Å². The molecule has 2 heterocycles. The molecule has 0 fully saturated rings. The van der Waals surface area contributed by atoms with Gasteiger partial charge in [-0.3, -0.25) is 24.2 Å². The Labute approximate surface area is 176 Å². The molecule has 30 heavy (non-hydrogen) atoms. The summed E-state index contributed by atoms with van der Waals surface area (Å²) in [6, 6.07) is 13.3. The Morgan fingerprint density at radius 1 is 1.13 bits per heavy atom. The summed E-state index contributed by atoms with van der Waals surface area (Å²) in [6.07, 6.45) is 5.26. The van der Waals surface area contributed by atoms with Gasteiger partial charge in [-0.25, -0.2) is 0 Å². The van der Waals surface area contributed by atoms with Crippen molar-refractivity contribution < 1.29 is 9.59 Å². The van der Waals surface area contributed by atoms with E-state index in [1.54, 1.807) is 54.3 Å². The molecule has 156 valence electrons. The fourth-order valence-electron chi connectivity index (χ4n) is 3.30. The van der Waals surface area contributed by atoms with Crippen LogP contribution in [0.5, 0.6) is 0 Å². The molecule has 2 aromatic heterocycles. The number of carbonyl (C=O) groups excluding carboxylic acids is 2. The molecule has 3 rings (SSSR count). The normalized spacial score (nSPS) is 11.7. The Balaban J connectivity index is 2.12. The lowest BCUT2D eigenvalue weighted by Crippen LogP contribution is -2.45. The third kappa shape index (κ3) is 4.74. The first-order valence-electron chi connectivity index (χ1n) is 10.1. The molecule has 0 radical (unpaired) electrons. The minimum absolute atomic E-state index is 0.281. The van der Waals surface area contributed by atoms with Crippen LogP contribution in [0.4, 0.5) is 5.82 Å². The molecule has 0 aliphatic heterocycles. The summed E-state index contributed by atoms with van der Waals surface area (Å²) in [5.74, 6) is -0.150. The number of carbonyl (C=O) groups is 2. The number of benzene rings is 1. The van der Waals surface area contributed by atoms with Gasteiger partial charge in [-0.1, -0.05) is 37.6 Å². The lowest BCUT2D eigenvalue weighted by Gasteiger charge is -2.29. The number of hydrogen-bond donors (Lipinski definition) is 1. The SMILES string of the molecule is CCCCNC(=O)C(c1ccccn1)N(C(=O)c1ccccc1)c1nn(C)cc1C. The second-order valence-corrected chi connectivity index (χ2v) is 7.15. The van der Waals surface area contributed by atoms with Gasteiger partial charge < -0.3 is 5.32 Å². The van der Waals surface area contributed by atoms with Gasteiger partial charge in [-0.2, -0.15) is 5.10 Å². The van der Waals surface area contributed by atoms with E-state index < -0.39 is 6.04 Å². The number of aromatic nitrogens is 3. The predicted octanol–water partition coefficient (Wildman–Crippen LogP) is 3.43. The molecule has 1 N–H and O–H groups in total. The monoisotopic (exact) mass is 405 g/mol. The summed E-state index contributed by atoms with van der Waals surface area (Å²) < 4.78 is 1.64. The molecule has 0 bridgehead atoms. The summed E-state index contributed by atoms with van der Waals surface area (Å²) in [4.78, 5) is 32.8. The number of aryl methyl sites for hydroxylation is 2. The van der Waals surface area contributed by atoms with E-state index in [1.165, 1.54) is 4.90 Å². The number of nitrogens with zero attached hydrogens (tertiary/aromatic N) is 4. The van der Waals surface area contributed by atoms with E-state index in [-0.39, 0.29) is 11.8 Å². The zero-order chi connectivity index (χ0) is 21.5. The van der Waals surface area contributed by atoms with Gasteiger partial charge >= 0.3 is 0 Å². The molecule has 7 heteroatoms. The van der Waals surface area contributed by atoms with Crippen molar-refractivity contribution >= 4 is 17.6 Å². The van der Waals surface area contributed by atoms with Crippen LogP contribution in [0.1, 0.15) is 47.4 Å². The molecule has 0 saturated heterocycles. The third-order valence-corrected chi connectivity index (χ3v) is 4.76. The fraction of sp³-hybridized carbons (Fsp3) is 0.304. The molecule has 2 amide bonds. The highest BCUT2D eigenvalue weighted by Crippen LogP contribution is 2.30. The number of nitrogens with one attached hydrogen (secondary N) is 1. The average Bonchev–Trinajstić information content (AvgIpc) is 3.10. The first-order chi connectivity index (χ1) is 14.5. The van der Waals surface area contributed by atoms with Crippen LogP contribution >= 0.6 is 0 Å². The smallest absolute Gasteiger partial charge is 0.260 e. The van der Waals surface area contributed by atoms with Crippen molar-refractivity contribution in [2.75, 3.05) is 11.4 Å². The van der Waals surface area contributed by atoms with Crippen molar-refractivity contribution in [3.63, 3.8) is 0 Å². The van der Waals surface area contributed by atoms with Crippen LogP contribution in [0.3, 0.4) is 0 Å². The summed E-state index contributed by atoms with van der Waals surface area (Å²) in [6.45, 7) is 4.47. The maximum Gasteiger partial charge on any atom is 0.260 e. The first-order valence-corrected chi connectivity index (χ1v) is 10.1. The zero-order valence-electron chi connectivity index (χ0n) is 17.6. The van der Waals surface area contributed by atoms with Gasteiger partial charge in [-0.15, -0.1) is 0 Å². The molecule has 7 nitrogen and oxygen atoms in total. The topological polar surface area (TPSA) is 80.1 Å². The van der Waals surface area contributed by atoms with E-state index in [4.69, 9.17) is 0 Å². The van der Waals surface area contributed by atoms with Crippen LogP contribution in [-0.4, -0.2) is 33.1 Å². The van der Waals surface area contributed by atoms with Crippen molar-refractivity contribution in [1.29, 1.82) is 0 Å². The summed E-state index contributed by atoms with van der Waals surface area (Å²) in [5, 5.41) is 7.45. The predicted molar refractivity (Wildman–Crippen MR) is 116 cm³/mol. The van der Waals surface area contributed by atoms with E-state index in [1.807, 2.05) is 25.3 Å². The molecule has 3 aromatic rings. The highest BCUT2D eigenvalue weighted by atomic mass is 16.2. The number of pyridine rings is 1. The molecular formula is C23H27N5O2. The van der Waals surface area contributed by atoms with Crippen LogP contribution in [0, 0.1) is 6.92 Å². The molecule has 0 spiro atoms. The van der Waals surface area contributed by atoms with Gasteiger partial charge in [0.1, 0.15) is 0 Å². The Morgan fingerprint density at radius 3 is 2.47 bits per heavy atom. The quantitative estimate of drug-likeness (QED) is 0.582. The van der Waals surface area contributed by atoms with Crippen molar-refractivity contribution in [3.8, 4) is 0 Å². The van der Waals surface area contributed by atoms with Crippen LogP contribution in [0.25, 0.3) is 0 Å². The Bertz CT molecular complexity index is 985. The fourth-order valence-corrected chi connectivity index (χ4v) is 3.30. The summed E-state index contributed by atoms with van der Waals surface area (Å²) >= 11 is 0. The lowest BCUT2D eigenvalue weighted by atomic mass is 10.1. The molecule has 0 aliphatic carbocycles. The van der Waals surface area contributed by atoms with E-state index in [9.17, 15) is 9.59 Å². The molecular weight excluding hydrogens is 378 g/mol. The maximum absolute atomic E-state index is 13.6. The van der Waals surface area contributed by atoms with Crippen LogP contribution in [0.2, 0.25) is 0 Å². The molecule has 0 aliphatic rings. The summed E-state index contributed by atoms with van der Waals surface area (Å²) in [5.41, 5.74) is 1.76. The van der Waals surface area contributed by atoms with Gasteiger partial charge in [0.05, 0.1) is 5.69 Å². The van der Waals surface area contributed by atoms with Crippen LogP contribution in [-0.2, 0) is 11.8 Å². The number of unbranched alkanes of at least 4 members (excludes halogenated alkanes) is 1. The Morgan fingerprint density at radius 2 is 1.87 bits per heavy atom. The number of rotatable bonds is 8.